The number of rotatable bonds is 11. The molecule has 12 nitrogen and oxygen atoms in total. The topological polar surface area (TPSA) is 147 Å². The Kier molecular flexibility index (Phi) is 8.06. The standard InChI is InChI=1S/C38H44N5O7S/c1-24-29(36(41-35(24)33(25(2)44)37(41)46)38(47)50-23-26-7-4-3-5-8-26)21-40-30-10-6-9-28-27(11-12-31(34(28)30)51(40,48)49)13-14-42-15-18-43(19-16-42,20-17-42)22-32(39)45/h3-12,24-25,33,35,44H,13-23H2,1-2H3,(H-,39,45)/q+1/p+1/t24-,25+,33+,35+,42?,43?/m0/s1. The summed E-state index contributed by atoms with van der Waals surface area (Å²) in [5.74, 6) is -2.39. The van der Waals surface area contributed by atoms with E-state index < -0.39 is 40.0 Å². The summed E-state index contributed by atoms with van der Waals surface area (Å²) in [6.07, 6.45) is -0.138. The molecule has 0 aromatic heterocycles. The van der Waals surface area contributed by atoms with Crippen molar-refractivity contribution in [2.24, 2.45) is 17.6 Å². The number of carbonyl (C=O) groups excluding carboxylic acids is 3. The van der Waals surface area contributed by atoms with Gasteiger partial charge in [0.1, 0.15) is 51.6 Å². The third kappa shape index (κ3) is 5.35. The van der Waals surface area contributed by atoms with Gasteiger partial charge in [-0.15, -0.1) is 0 Å². The summed E-state index contributed by atoms with van der Waals surface area (Å²) in [5, 5.41) is 12.0. The average Bonchev–Trinajstić information content (AvgIpc) is 3.48. The molecule has 6 aliphatic rings. The van der Waals surface area contributed by atoms with Crippen LogP contribution in [0.3, 0.4) is 0 Å². The lowest BCUT2D eigenvalue weighted by Crippen LogP contribution is -2.76. The molecule has 3 aromatic rings. The fourth-order valence-electron chi connectivity index (χ4n) is 9.47. The number of nitrogens with zero attached hydrogens (tertiary/aromatic N) is 4. The van der Waals surface area contributed by atoms with Gasteiger partial charge < -0.3 is 29.4 Å². The first-order valence-electron chi connectivity index (χ1n) is 17.9. The minimum Gasteiger partial charge on any atom is -0.456 e. The van der Waals surface area contributed by atoms with Crippen molar-refractivity contribution in [1.82, 2.24) is 4.90 Å². The van der Waals surface area contributed by atoms with Crippen molar-refractivity contribution in [3.8, 4) is 0 Å². The van der Waals surface area contributed by atoms with E-state index in [1.807, 2.05) is 55.5 Å². The molecule has 0 spiro atoms. The van der Waals surface area contributed by atoms with Gasteiger partial charge in [0.15, 0.2) is 6.54 Å². The van der Waals surface area contributed by atoms with Crippen LogP contribution < -0.4 is 10.0 Å². The molecule has 0 unspecified atom stereocenters. The number of aliphatic hydroxyl groups is 1. The maximum absolute atomic E-state index is 14.3. The number of quaternary nitrogens is 2. The summed E-state index contributed by atoms with van der Waals surface area (Å²) >= 11 is 0. The molecule has 4 fully saturated rings. The molecular formula is C38H45N5O7S+2. The van der Waals surface area contributed by atoms with Gasteiger partial charge in [0.25, 0.3) is 15.9 Å². The van der Waals surface area contributed by atoms with Crippen molar-refractivity contribution >= 4 is 44.3 Å². The van der Waals surface area contributed by atoms with Crippen LogP contribution in [0, 0.1) is 11.8 Å². The first kappa shape index (κ1) is 33.8. The Hall–Kier alpha value is -4.30. The fourth-order valence-corrected chi connectivity index (χ4v) is 11.1. The zero-order valence-electron chi connectivity index (χ0n) is 29.0. The van der Waals surface area contributed by atoms with Crippen molar-refractivity contribution in [1.29, 1.82) is 0 Å². The number of amides is 2. The second kappa shape index (κ2) is 12.1. The van der Waals surface area contributed by atoms with Crippen LogP contribution in [-0.2, 0) is 42.2 Å². The molecule has 0 aliphatic carbocycles. The number of anilines is 1. The van der Waals surface area contributed by atoms with Crippen LogP contribution in [0.5, 0.6) is 0 Å². The third-order valence-electron chi connectivity index (χ3n) is 12.4. The molecule has 4 saturated heterocycles. The number of ether oxygens (including phenoxy) is 1. The molecule has 3 aromatic carbocycles. The lowest BCUT2D eigenvalue weighted by atomic mass is 9.78. The smallest absolute Gasteiger partial charge is 0.355 e. The number of benzene rings is 3. The monoisotopic (exact) mass is 715 g/mol. The number of primary amides is 1. The summed E-state index contributed by atoms with van der Waals surface area (Å²) in [6.45, 7) is 10.5. The van der Waals surface area contributed by atoms with E-state index in [0.717, 1.165) is 77.7 Å². The first-order valence-corrected chi connectivity index (χ1v) is 19.3. The number of sulfonamides is 1. The molecular weight excluding hydrogens is 671 g/mol. The Morgan fingerprint density at radius 3 is 2.33 bits per heavy atom. The lowest BCUT2D eigenvalue weighted by molar-refractivity contribution is -1.08. The van der Waals surface area contributed by atoms with Crippen LogP contribution in [0.15, 0.2) is 76.8 Å². The summed E-state index contributed by atoms with van der Waals surface area (Å²) < 4.78 is 37.5. The van der Waals surface area contributed by atoms with E-state index in [4.69, 9.17) is 10.5 Å². The van der Waals surface area contributed by atoms with Crippen LogP contribution in [0.2, 0.25) is 0 Å². The summed E-state index contributed by atoms with van der Waals surface area (Å²) in [7, 11) is -4.00. The normalized spacial score (nSPS) is 29.3. The van der Waals surface area contributed by atoms with Crippen LogP contribution in [-0.4, -0.2) is 116 Å². The predicted octanol–water partition coefficient (Wildman–Crippen LogP) is 1.89. The highest BCUT2D eigenvalue weighted by molar-refractivity contribution is 7.93. The number of β-lactam (4-membered cyclic amide) rings is 1. The molecule has 0 radical (unpaired) electrons. The van der Waals surface area contributed by atoms with Crippen molar-refractivity contribution < 1.29 is 41.6 Å². The largest absolute Gasteiger partial charge is 0.456 e. The van der Waals surface area contributed by atoms with Crippen LogP contribution in [0.1, 0.15) is 25.0 Å². The highest BCUT2D eigenvalue weighted by atomic mass is 32.2. The van der Waals surface area contributed by atoms with Crippen LogP contribution in [0.25, 0.3) is 10.8 Å². The number of fused-ring (bicyclic) bond motifs is 4. The molecule has 6 aliphatic heterocycles. The highest BCUT2D eigenvalue weighted by Crippen LogP contribution is 2.50. The maximum atomic E-state index is 14.3. The molecule has 268 valence electrons. The highest BCUT2D eigenvalue weighted by Gasteiger charge is 2.60. The molecule has 4 atom stereocenters. The SMILES string of the molecule is C[C@@H](O)[C@H]1C(=O)N2C(C(=O)OCc3ccccc3)=C(CN3c4cccc5c(CC[N+]67CC[N+](CC(N)=O)(CC6)CC7)ccc(c45)S3(=O)=O)[C@H](C)[C@H]12. The minimum atomic E-state index is -4.00. The maximum Gasteiger partial charge on any atom is 0.355 e. The van der Waals surface area contributed by atoms with E-state index in [1.54, 1.807) is 19.1 Å². The zero-order valence-corrected chi connectivity index (χ0v) is 29.8. The average molecular weight is 716 g/mol. The molecule has 51 heavy (non-hydrogen) atoms. The van der Waals surface area contributed by atoms with Gasteiger partial charge in [0.2, 0.25) is 5.91 Å². The molecule has 13 heteroatoms. The Morgan fingerprint density at radius 2 is 1.67 bits per heavy atom. The van der Waals surface area contributed by atoms with E-state index in [2.05, 4.69) is 0 Å². The quantitative estimate of drug-likeness (QED) is 0.175. The van der Waals surface area contributed by atoms with Gasteiger partial charge in [-0.1, -0.05) is 55.5 Å². The molecule has 3 N–H and O–H groups in total. The second-order valence-corrected chi connectivity index (χ2v) is 17.1. The molecule has 0 saturated carbocycles. The number of hydrogen-bond acceptors (Lipinski definition) is 7. The number of aliphatic hydroxyl groups excluding tert-OH is 1. The van der Waals surface area contributed by atoms with E-state index >= 15 is 0 Å². The van der Waals surface area contributed by atoms with E-state index in [0.29, 0.717) is 23.2 Å². The van der Waals surface area contributed by atoms with Crippen molar-refractivity contribution in [3.05, 3.63) is 83.1 Å². The lowest BCUT2D eigenvalue weighted by Gasteiger charge is -2.55. The number of carbonyl (C=O) groups is 3. The zero-order chi connectivity index (χ0) is 35.9. The Balaban J connectivity index is 1.09. The number of piperazine rings is 3. The number of hydrogen-bond donors (Lipinski definition) is 2. The minimum absolute atomic E-state index is 0.000274. The van der Waals surface area contributed by atoms with E-state index in [1.165, 1.54) is 9.21 Å². The Bertz CT molecular complexity index is 2070. The summed E-state index contributed by atoms with van der Waals surface area (Å²) in [4.78, 5) is 40.5. The number of esters is 1. The third-order valence-corrected chi connectivity index (χ3v) is 14.2. The van der Waals surface area contributed by atoms with Gasteiger partial charge >= 0.3 is 5.97 Å². The molecule has 2 amide bonds. The Morgan fingerprint density at radius 1 is 0.980 bits per heavy atom. The molecule has 6 heterocycles. The van der Waals surface area contributed by atoms with Gasteiger partial charge in [0.05, 0.1) is 41.7 Å². The van der Waals surface area contributed by atoms with Gasteiger partial charge in [-0.2, -0.15) is 0 Å². The first-order chi connectivity index (χ1) is 24.3. The van der Waals surface area contributed by atoms with Crippen LogP contribution in [0.4, 0.5) is 5.69 Å². The van der Waals surface area contributed by atoms with Gasteiger partial charge in [-0.25, -0.2) is 13.2 Å². The predicted molar refractivity (Wildman–Crippen MR) is 189 cm³/mol. The molecule has 2 bridgehead atoms. The second-order valence-electron chi connectivity index (χ2n) is 15.2. The van der Waals surface area contributed by atoms with Crippen molar-refractivity contribution in [2.75, 3.05) is 63.2 Å². The number of nitrogens with two attached hydrogens (primary N) is 1. The van der Waals surface area contributed by atoms with Crippen molar-refractivity contribution in [2.45, 2.75) is 43.9 Å². The van der Waals surface area contributed by atoms with Gasteiger partial charge in [-0.05, 0) is 41.1 Å². The van der Waals surface area contributed by atoms with Gasteiger partial charge in [0, 0.05) is 17.7 Å². The van der Waals surface area contributed by atoms with Gasteiger partial charge in [-0.3, -0.25) is 13.9 Å². The Labute approximate surface area is 297 Å². The molecule has 9 rings (SSSR count). The van der Waals surface area contributed by atoms with E-state index in [-0.39, 0.29) is 35.6 Å². The summed E-state index contributed by atoms with van der Waals surface area (Å²) in [5.41, 5.74) is 8.55. The summed E-state index contributed by atoms with van der Waals surface area (Å²) in [6, 6.07) is 18.1. The van der Waals surface area contributed by atoms with Crippen LogP contribution >= 0.6 is 0 Å². The van der Waals surface area contributed by atoms with E-state index in [9.17, 15) is 27.9 Å². The fraction of sp³-hybridized carbons (Fsp3) is 0.447. The van der Waals surface area contributed by atoms with Crippen molar-refractivity contribution in [3.63, 3.8) is 0 Å².